The van der Waals surface area contributed by atoms with E-state index in [0.717, 1.165) is 11.8 Å². The van der Waals surface area contributed by atoms with Crippen LogP contribution in [0.5, 0.6) is 0 Å². The molecule has 4 aliphatic rings. The van der Waals surface area contributed by atoms with Gasteiger partial charge in [-0.2, -0.15) is 4.91 Å². The molecule has 0 aromatic carbocycles. The quantitative estimate of drug-likeness (QED) is 0.464. The van der Waals surface area contributed by atoms with E-state index in [2.05, 4.69) is 25.1 Å². The Morgan fingerprint density at radius 1 is 1.05 bits per heavy atom. The third-order valence-corrected chi connectivity index (χ3v) is 7.95. The highest BCUT2D eigenvalue weighted by Gasteiger charge is 2.58. The molecule has 0 amide bonds. The molecule has 4 aliphatic carbocycles. The number of hydrogen-bond donors (Lipinski definition) is 0. The summed E-state index contributed by atoms with van der Waals surface area (Å²) in [6.07, 6.45) is 14.3. The maximum absolute atomic E-state index is 11.6. The van der Waals surface area contributed by atoms with Crippen LogP contribution in [0.2, 0.25) is 0 Å². The average Bonchev–Trinajstić information content (AvgIpc) is 2.87. The molecule has 116 valence electrons. The van der Waals surface area contributed by atoms with Gasteiger partial charge in [0.25, 0.3) is 0 Å². The van der Waals surface area contributed by atoms with E-state index in [9.17, 15) is 4.91 Å². The second-order valence-electron chi connectivity index (χ2n) is 8.79. The number of rotatable bonds is 1. The van der Waals surface area contributed by atoms with Gasteiger partial charge < -0.3 is 0 Å². The molecule has 1 unspecified atom stereocenters. The summed E-state index contributed by atoms with van der Waals surface area (Å²) in [5, 5.41) is 3.62. The first-order chi connectivity index (χ1) is 10.1. The first-order valence-electron chi connectivity index (χ1n) is 9.12. The Bertz CT molecular complexity index is 484. The zero-order valence-electron chi connectivity index (χ0n) is 13.6. The van der Waals surface area contributed by atoms with Crippen molar-refractivity contribution in [1.82, 2.24) is 0 Å². The van der Waals surface area contributed by atoms with Crippen molar-refractivity contribution in [3.05, 3.63) is 16.6 Å². The zero-order valence-corrected chi connectivity index (χ0v) is 13.6. The molecule has 0 aromatic heterocycles. The van der Waals surface area contributed by atoms with Gasteiger partial charge in [-0.25, -0.2) is 0 Å². The van der Waals surface area contributed by atoms with Gasteiger partial charge in [0.1, 0.15) is 6.04 Å². The van der Waals surface area contributed by atoms with Crippen molar-refractivity contribution in [2.45, 2.75) is 77.7 Å². The molecule has 21 heavy (non-hydrogen) atoms. The van der Waals surface area contributed by atoms with E-state index in [0.29, 0.717) is 16.7 Å². The molecule has 4 rings (SSSR count). The molecule has 0 radical (unpaired) electrons. The molecule has 2 heteroatoms. The van der Waals surface area contributed by atoms with Gasteiger partial charge in [-0.1, -0.05) is 43.5 Å². The summed E-state index contributed by atoms with van der Waals surface area (Å²) < 4.78 is 0. The third kappa shape index (κ3) is 1.83. The maximum Gasteiger partial charge on any atom is 0.114 e. The van der Waals surface area contributed by atoms with Crippen LogP contribution in [0, 0.1) is 33.5 Å². The largest absolute Gasteiger partial charge is 0.150 e. The van der Waals surface area contributed by atoms with Crippen molar-refractivity contribution < 1.29 is 0 Å². The smallest absolute Gasteiger partial charge is 0.114 e. The molecule has 0 saturated heterocycles. The number of allylic oxidation sites excluding steroid dienone is 1. The van der Waals surface area contributed by atoms with E-state index >= 15 is 0 Å². The lowest BCUT2D eigenvalue weighted by Gasteiger charge is -2.57. The van der Waals surface area contributed by atoms with Gasteiger partial charge in [-0.05, 0) is 73.5 Å². The van der Waals surface area contributed by atoms with E-state index in [1.807, 2.05) is 0 Å². The molecule has 0 heterocycles. The van der Waals surface area contributed by atoms with E-state index in [4.69, 9.17) is 0 Å². The number of hydrogen-bond acceptors (Lipinski definition) is 2. The molecule has 3 fully saturated rings. The normalized spacial score (nSPS) is 52.4. The first kappa shape index (κ1) is 14.0. The molecule has 0 spiro atoms. The Balaban J connectivity index is 1.78. The Morgan fingerprint density at radius 3 is 2.71 bits per heavy atom. The minimum absolute atomic E-state index is 0.0288. The standard InChI is InChI=1S/C19H29NO/c1-18-9-5-7-14(18)17-15(8-11-18)19(2)10-4-3-6-13(19)12-16(17)20-21/h12,14-17H,3-11H2,1-2H3/t14-,15-,16?,17-,18-,19-/m0/s1. The van der Waals surface area contributed by atoms with Gasteiger partial charge in [-0.3, -0.25) is 0 Å². The van der Waals surface area contributed by atoms with Gasteiger partial charge in [-0.15, -0.1) is 0 Å². The fourth-order valence-electron chi connectivity index (χ4n) is 6.77. The highest BCUT2D eigenvalue weighted by atomic mass is 16.3. The summed E-state index contributed by atoms with van der Waals surface area (Å²) in [6.45, 7) is 5.00. The zero-order chi connectivity index (χ0) is 14.7. The van der Waals surface area contributed by atoms with Crippen molar-refractivity contribution in [3.8, 4) is 0 Å². The summed E-state index contributed by atoms with van der Waals surface area (Å²) in [6, 6.07) is -0.0288. The SMILES string of the molecule is C[C@@]12CCC[C@H]1[C@@H]1C(N=O)C=C3CCCC[C@]3(C)[C@H]1CC2. The van der Waals surface area contributed by atoms with Crippen LogP contribution in [0.1, 0.15) is 71.6 Å². The number of fused-ring (bicyclic) bond motifs is 5. The fraction of sp³-hybridized carbons (Fsp3) is 0.895. The lowest BCUT2D eigenvalue weighted by Crippen LogP contribution is -2.52. The lowest BCUT2D eigenvalue weighted by molar-refractivity contribution is -0.0324. The summed E-state index contributed by atoms with van der Waals surface area (Å²) in [5.41, 5.74) is 2.47. The van der Waals surface area contributed by atoms with Crippen LogP contribution < -0.4 is 0 Å². The summed E-state index contributed by atoms with van der Waals surface area (Å²) >= 11 is 0. The molecular weight excluding hydrogens is 258 g/mol. The molecule has 0 aliphatic heterocycles. The van der Waals surface area contributed by atoms with E-state index in [1.165, 1.54) is 57.8 Å². The summed E-state index contributed by atoms with van der Waals surface area (Å²) in [4.78, 5) is 11.6. The second kappa shape index (κ2) is 4.67. The van der Waals surface area contributed by atoms with Crippen LogP contribution in [0.15, 0.2) is 16.8 Å². The predicted octanol–water partition coefficient (Wildman–Crippen LogP) is 5.47. The highest BCUT2D eigenvalue weighted by Crippen LogP contribution is 2.65. The van der Waals surface area contributed by atoms with Gasteiger partial charge in [0.15, 0.2) is 0 Å². The van der Waals surface area contributed by atoms with Crippen LogP contribution in [-0.2, 0) is 0 Å². The Labute approximate surface area is 128 Å². The van der Waals surface area contributed by atoms with E-state index in [-0.39, 0.29) is 6.04 Å². The van der Waals surface area contributed by atoms with Crippen molar-refractivity contribution in [2.24, 2.45) is 33.8 Å². The maximum atomic E-state index is 11.6. The van der Waals surface area contributed by atoms with Gasteiger partial charge in [0, 0.05) is 0 Å². The van der Waals surface area contributed by atoms with Crippen LogP contribution >= 0.6 is 0 Å². The minimum Gasteiger partial charge on any atom is -0.150 e. The molecule has 3 saturated carbocycles. The first-order valence-corrected chi connectivity index (χ1v) is 9.12. The molecular formula is C19H29NO. The second-order valence-corrected chi connectivity index (χ2v) is 8.79. The van der Waals surface area contributed by atoms with Gasteiger partial charge in [0.2, 0.25) is 0 Å². The molecule has 0 bridgehead atoms. The molecule has 2 nitrogen and oxygen atoms in total. The molecule has 6 atom stereocenters. The van der Waals surface area contributed by atoms with Gasteiger partial charge >= 0.3 is 0 Å². The molecule has 0 N–H and O–H groups in total. The van der Waals surface area contributed by atoms with Crippen molar-refractivity contribution in [2.75, 3.05) is 0 Å². The lowest BCUT2D eigenvalue weighted by atomic mass is 9.47. The van der Waals surface area contributed by atoms with Crippen LogP contribution in [0.3, 0.4) is 0 Å². The minimum atomic E-state index is -0.0288. The number of nitroso groups, excluding NO2 is 1. The van der Waals surface area contributed by atoms with E-state index < -0.39 is 0 Å². The fourth-order valence-corrected chi connectivity index (χ4v) is 6.77. The van der Waals surface area contributed by atoms with Crippen LogP contribution in [0.25, 0.3) is 0 Å². The predicted molar refractivity (Wildman–Crippen MR) is 85.9 cm³/mol. The monoisotopic (exact) mass is 287 g/mol. The van der Waals surface area contributed by atoms with Crippen molar-refractivity contribution in [1.29, 1.82) is 0 Å². The summed E-state index contributed by atoms with van der Waals surface area (Å²) in [7, 11) is 0. The van der Waals surface area contributed by atoms with E-state index in [1.54, 1.807) is 5.57 Å². The van der Waals surface area contributed by atoms with Crippen molar-refractivity contribution in [3.63, 3.8) is 0 Å². The topological polar surface area (TPSA) is 29.4 Å². The van der Waals surface area contributed by atoms with Crippen molar-refractivity contribution >= 4 is 0 Å². The average molecular weight is 287 g/mol. The third-order valence-electron chi connectivity index (χ3n) is 7.95. The molecule has 0 aromatic rings. The van der Waals surface area contributed by atoms with Gasteiger partial charge in [0.05, 0.1) is 0 Å². The van der Waals surface area contributed by atoms with Crippen LogP contribution in [-0.4, -0.2) is 6.04 Å². The number of nitrogens with zero attached hydrogens (tertiary/aromatic N) is 1. The Kier molecular flexibility index (Phi) is 3.10. The van der Waals surface area contributed by atoms with Crippen LogP contribution in [0.4, 0.5) is 0 Å². The highest BCUT2D eigenvalue weighted by molar-refractivity contribution is 5.27. The Hall–Kier alpha value is -0.660. The Morgan fingerprint density at radius 2 is 1.90 bits per heavy atom. The summed E-state index contributed by atoms with van der Waals surface area (Å²) in [5.74, 6) is 2.00.